The number of benzene rings is 1. The van der Waals surface area contributed by atoms with Gasteiger partial charge in [-0.15, -0.1) is 0 Å². The van der Waals surface area contributed by atoms with Crippen LogP contribution < -0.4 is 0 Å². The number of allylic oxidation sites excluding steroid dienone is 2. The van der Waals surface area contributed by atoms with Crippen molar-refractivity contribution in [2.45, 2.75) is 45.1 Å². The molecular formula is C19H25NO3. The van der Waals surface area contributed by atoms with Gasteiger partial charge in [-0.25, -0.2) is 9.53 Å². The molecule has 2 rings (SSSR count). The number of hydrogen-bond donors (Lipinski definition) is 0. The average Bonchev–Trinajstić information content (AvgIpc) is 2.78. The molecule has 0 aliphatic heterocycles. The number of carbonyl (C=O) groups excluding carboxylic acids is 1. The number of rotatable bonds is 4. The minimum Gasteiger partial charge on any atom is -0.624 e. The van der Waals surface area contributed by atoms with Crippen molar-refractivity contribution in [3.8, 4) is 0 Å². The standard InChI is InChI=1S/C19H25NO3/c1-15(20(2)22)11-12-16-7-6-10-18(14-13-16)23-19(21)17-8-4-3-5-9-17/h3-5,8-9,11-12,16,18H,6-7,10,13-14H2,1-2H3/b12-11+,20-15-/t16-,18?/m0/s1. The summed E-state index contributed by atoms with van der Waals surface area (Å²) in [4.78, 5) is 12.1. The molecule has 4 heteroatoms. The highest BCUT2D eigenvalue weighted by atomic mass is 16.5. The van der Waals surface area contributed by atoms with Crippen molar-refractivity contribution in [2.75, 3.05) is 7.05 Å². The van der Waals surface area contributed by atoms with Crippen LogP contribution in [-0.2, 0) is 4.74 Å². The van der Waals surface area contributed by atoms with Gasteiger partial charge in [-0.3, -0.25) is 0 Å². The maximum absolute atomic E-state index is 12.1. The van der Waals surface area contributed by atoms with Crippen LogP contribution in [-0.4, -0.2) is 29.6 Å². The molecule has 0 radical (unpaired) electrons. The summed E-state index contributed by atoms with van der Waals surface area (Å²) in [5.74, 6) is 0.215. The van der Waals surface area contributed by atoms with Crippen LogP contribution in [0.15, 0.2) is 42.5 Å². The molecule has 23 heavy (non-hydrogen) atoms. The second kappa shape index (κ2) is 8.51. The third-order valence-electron chi connectivity index (χ3n) is 4.35. The van der Waals surface area contributed by atoms with Crippen molar-refractivity contribution in [1.82, 2.24) is 0 Å². The highest BCUT2D eigenvalue weighted by molar-refractivity contribution is 5.89. The molecular weight excluding hydrogens is 290 g/mol. The van der Waals surface area contributed by atoms with Crippen molar-refractivity contribution in [2.24, 2.45) is 5.92 Å². The fraction of sp³-hybridized carbons (Fsp3) is 0.474. The van der Waals surface area contributed by atoms with Crippen LogP contribution in [0.5, 0.6) is 0 Å². The van der Waals surface area contributed by atoms with Gasteiger partial charge in [0.2, 0.25) is 0 Å². The van der Waals surface area contributed by atoms with Crippen LogP contribution >= 0.6 is 0 Å². The zero-order valence-corrected chi connectivity index (χ0v) is 13.9. The number of nitrogens with zero attached hydrogens (tertiary/aromatic N) is 1. The van der Waals surface area contributed by atoms with E-state index >= 15 is 0 Å². The molecule has 1 saturated carbocycles. The third kappa shape index (κ3) is 5.55. The van der Waals surface area contributed by atoms with E-state index < -0.39 is 0 Å². The Bertz CT molecular complexity index is 574. The van der Waals surface area contributed by atoms with E-state index in [0.717, 1.165) is 36.8 Å². The third-order valence-corrected chi connectivity index (χ3v) is 4.35. The second-order valence-corrected chi connectivity index (χ2v) is 6.16. The molecule has 0 aromatic heterocycles. The SMILES string of the molecule is CC(/C=C/[C@@H]1CCCC(OC(=O)c2ccccc2)CC1)=[N+](\C)[O-]. The van der Waals surface area contributed by atoms with Crippen LogP contribution in [0.1, 0.15) is 49.4 Å². The summed E-state index contributed by atoms with van der Waals surface area (Å²) in [6.45, 7) is 1.81. The van der Waals surface area contributed by atoms with Crippen LogP contribution in [0.3, 0.4) is 0 Å². The fourth-order valence-corrected chi connectivity index (χ4v) is 2.78. The van der Waals surface area contributed by atoms with Gasteiger partial charge in [-0.2, -0.15) is 0 Å². The summed E-state index contributed by atoms with van der Waals surface area (Å²) in [6.07, 6.45) is 8.89. The van der Waals surface area contributed by atoms with Gasteiger partial charge in [0.15, 0.2) is 5.71 Å². The highest BCUT2D eigenvalue weighted by Gasteiger charge is 2.21. The zero-order chi connectivity index (χ0) is 16.7. The lowest BCUT2D eigenvalue weighted by atomic mass is 9.99. The molecule has 0 saturated heterocycles. The van der Waals surface area contributed by atoms with Gasteiger partial charge in [-0.1, -0.05) is 24.3 Å². The first kappa shape index (κ1) is 17.3. The number of carbonyl (C=O) groups is 1. The summed E-state index contributed by atoms with van der Waals surface area (Å²) >= 11 is 0. The minimum atomic E-state index is -0.234. The molecule has 1 unspecified atom stereocenters. The Hall–Kier alpha value is -2.10. The Morgan fingerprint density at radius 1 is 1.22 bits per heavy atom. The lowest BCUT2D eigenvalue weighted by Gasteiger charge is -2.15. The lowest BCUT2D eigenvalue weighted by Crippen LogP contribution is -2.17. The van der Waals surface area contributed by atoms with Crippen LogP contribution in [0, 0.1) is 11.1 Å². The van der Waals surface area contributed by atoms with Crippen molar-refractivity contribution in [3.05, 3.63) is 53.3 Å². The molecule has 0 amide bonds. The van der Waals surface area contributed by atoms with Crippen LogP contribution in [0.2, 0.25) is 0 Å². The van der Waals surface area contributed by atoms with E-state index in [9.17, 15) is 10.0 Å². The van der Waals surface area contributed by atoms with E-state index in [2.05, 4.69) is 6.08 Å². The molecule has 0 spiro atoms. The van der Waals surface area contributed by atoms with Crippen molar-refractivity contribution in [3.63, 3.8) is 0 Å². The normalized spacial score (nSPS) is 23.2. The molecule has 124 valence electrons. The number of hydroxylamine groups is 1. The first-order valence-electron chi connectivity index (χ1n) is 8.25. The molecule has 1 fully saturated rings. The number of hydrogen-bond acceptors (Lipinski definition) is 3. The molecule has 1 aliphatic carbocycles. The van der Waals surface area contributed by atoms with E-state index in [4.69, 9.17) is 4.74 Å². The Kier molecular flexibility index (Phi) is 6.39. The summed E-state index contributed by atoms with van der Waals surface area (Å²) in [5, 5.41) is 11.2. The molecule has 4 nitrogen and oxygen atoms in total. The van der Waals surface area contributed by atoms with Gasteiger partial charge >= 0.3 is 5.97 Å². The maximum Gasteiger partial charge on any atom is 0.338 e. The summed E-state index contributed by atoms with van der Waals surface area (Å²) in [7, 11) is 1.51. The maximum atomic E-state index is 12.1. The van der Waals surface area contributed by atoms with Crippen LogP contribution in [0.25, 0.3) is 0 Å². The van der Waals surface area contributed by atoms with Gasteiger partial charge in [0.25, 0.3) is 0 Å². The molecule has 1 aromatic carbocycles. The predicted octanol–water partition coefficient (Wildman–Crippen LogP) is 3.95. The first-order valence-corrected chi connectivity index (χ1v) is 8.25. The lowest BCUT2D eigenvalue weighted by molar-refractivity contribution is -0.422. The zero-order valence-electron chi connectivity index (χ0n) is 13.9. The van der Waals surface area contributed by atoms with Gasteiger partial charge in [0.05, 0.1) is 5.56 Å². The number of ether oxygens (including phenoxy) is 1. The largest absolute Gasteiger partial charge is 0.624 e. The van der Waals surface area contributed by atoms with Gasteiger partial charge in [0.1, 0.15) is 13.2 Å². The molecule has 0 bridgehead atoms. The minimum absolute atomic E-state index is 0.00614. The van der Waals surface area contributed by atoms with E-state index in [0.29, 0.717) is 17.2 Å². The van der Waals surface area contributed by atoms with Crippen molar-refractivity contribution in [1.29, 1.82) is 0 Å². The summed E-state index contributed by atoms with van der Waals surface area (Å²) in [6, 6.07) is 9.13. The Balaban J connectivity index is 1.87. The molecule has 1 aliphatic rings. The molecule has 1 aromatic rings. The van der Waals surface area contributed by atoms with Crippen molar-refractivity contribution < 1.29 is 14.3 Å². The predicted molar refractivity (Wildman–Crippen MR) is 91.6 cm³/mol. The van der Waals surface area contributed by atoms with Gasteiger partial charge < -0.3 is 9.94 Å². The van der Waals surface area contributed by atoms with Crippen molar-refractivity contribution >= 4 is 11.7 Å². The highest BCUT2D eigenvalue weighted by Crippen LogP contribution is 2.26. The van der Waals surface area contributed by atoms with E-state index in [1.807, 2.05) is 31.2 Å². The first-order chi connectivity index (χ1) is 11.1. The van der Waals surface area contributed by atoms with Gasteiger partial charge in [-0.05, 0) is 50.2 Å². The quantitative estimate of drug-likeness (QED) is 0.211. The summed E-state index contributed by atoms with van der Waals surface area (Å²) in [5.41, 5.74) is 1.32. The monoisotopic (exact) mass is 315 g/mol. The second-order valence-electron chi connectivity index (χ2n) is 6.16. The average molecular weight is 315 g/mol. The topological polar surface area (TPSA) is 52.4 Å². The van der Waals surface area contributed by atoms with E-state index in [-0.39, 0.29) is 12.1 Å². The van der Waals surface area contributed by atoms with Gasteiger partial charge in [0, 0.05) is 13.0 Å². The Morgan fingerprint density at radius 2 is 1.96 bits per heavy atom. The smallest absolute Gasteiger partial charge is 0.338 e. The molecule has 0 N–H and O–H groups in total. The Morgan fingerprint density at radius 3 is 2.65 bits per heavy atom. The fourth-order valence-electron chi connectivity index (χ4n) is 2.78. The van der Waals surface area contributed by atoms with E-state index in [1.54, 1.807) is 12.1 Å². The van der Waals surface area contributed by atoms with Crippen LogP contribution in [0.4, 0.5) is 0 Å². The molecule has 0 heterocycles. The number of esters is 1. The Labute approximate surface area is 138 Å². The van der Waals surface area contributed by atoms with E-state index in [1.165, 1.54) is 7.05 Å². The molecule has 2 atom stereocenters. The summed E-state index contributed by atoms with van der Waals surface area (Å²) < 4.78 is 6.52.